The summed E-state index contributed by atoms with van der Waals surface area (Å²) in [5.74, 6) is 0.936. The fourth-order valence-corrected chi connectivity index (χ4v) is 2.26. The summed E-state index contributed by atoms with van der Waals surface area (Å²) in [7, 11) is 0. The van der Waals surface area contributed by atoms with E-state index < -0.39 is 0 Å². The maximum Gasteiger partial charge on any atom is 0.119 e. The van der Waals surface area contributed by atoms with Crippen molar-refractivity contribution in [2.75, 3.05) is 18.5 Å². The molecule has 2 aromatic rings. The summed E-state index contributed by atoms with van der Waals surface area (Å²) in [5, 5.41) is 4.15. The molecule has 0 spiro atoms. The van der Waals surface area contributed by atoms with Crippen LogP contribution in [0, 0.1) is 6.92 Å². The normalized spacial score (nSPS) is 10.4. The molecule has 0 bridgehead atoms. The molecule has 0 aliphatic carbocycles. The zero-order valence-electron chi connectivity index (χ0n) is 12.7. The molecule has 0 aromatic heterocycles. The highest BCUT2D eigenvalue weighted by atomic mass is 35.5. The van der Waals surface area contributed by atoms with Crippen LogP contribution in [-0.4, -0.2) is 13.2 Å². The van der Waals surface area contributed by atoms with Crippen LogP contribution in [-0.2, 0) is 6.42 Å². The Bertz CT molecular complexity index is 566. The predicted molar refractivity (Wildman–Crippen MR) is 90.6 cm³/mol. The van der Waals surface area contributed by atoms with Crippen LogP contribution in [0.1, 0.15) is 24.5 Å². The van der Waals surface area contributed by atoms with Crippen molar-refractivity contribution in [3.63, 3.8) is 0 Å². The van der Waals surface area contributed by atoms with Crippen LogP contribution in [0.25, 0.3) is 0 Å². The Morgan fingerprint density at radius 1 is 1.10 bits per heavy atom. The molecule has 21 heavy (non-hydrogen) atoms. The summed E-state index contributed by atoms with van der Waals surface area (Å²) in [4.78, 5) is 0. The lowest BCUT2D eigenvalue weighted by atomic mass is 10.2. The average molecular weight is 304 g/mol. The molecular formula is C18H22ClNO. The smallest absolute Gasteiger partial charge is 0.119 e. The number of hydrogen-bond acceptors (Lipinski definition) is 2. The molecule has 2 aromatic carbocycles. The number of hydrogen-bond donors (Lipinski definition) is 1. The van der Waals surface area contributed by atoms with Crippen molar-refractivity contribution in [2.45, 2.75) is 26.7 Å². The molecule has 2 rings (SSSR count). The molecule has 3 heteroatoms. The summed E-state index contributed by atoms with van der Waals surface area (Å²) >= 11 is 6.00. The van der Waals surface area contributed by atoms with E-state index in [9.17, 15) is 0 Å². The fraction of sp³-hybridized carbons (Fsp3) is 0.333. The second-order valence-corrected chi connectivity index (χ2v) is 5.52. The van der Waals surface area contributed by atoms with Gasteiger partial charge in [0.15, 0.2) is 0 Å². The number of halogens is 1. The zero-order chi connectivity index (χ0) is 15.1. The average Bonchev–Trinajstić information content (AvgIpc) is 2.51. The van der Waals surface area contributed by atoms with Crippen LogP contribution >= 0.6 is 11.6 Å². The van der Waals surface area contributed by atoms with Gasteiger partial charge in [-0.05, 0) is 55.2 Å². The van der Waals surface area contributed by atoms with E-state index in [0.717, 1.165) is 35.8 Å². The summed E-state index contributed by atoms with van der Waals surface area (Å²) in [6.07, 6.45) is 2.00. The maximum absolute atomic E-state index is 6.00. The van der Waals surface area contributed by atoms with Crippen LogP contribution in [0.3, 0.4) is 0 Å². The minimum Gasteiger partial charge on any atom is -0.494 e. The van der Waals surface area contributed by atoms with Gasteiger partial charge in [0.2, 0.25) is 0 Å². The van der Waals surface area contributed by atoms with E-state index in [-0.39, 0.29) is 0 Å². The molecule has 0 amide bonds. The van der Waals surface area contributed by atoms with Crippen LogP contribution in [0.5, 0.6) is 5.75 Å². The molecule has 0 unspecified atom stereocenters. The minimum absolute atomic E-state index is 0.706. The number of anilines is 1. The lowest BCUT2D eigenvalue weighted by molar-refractivity contribution is 0.315. The number of benzene rings is 2. The van der Waals surface area contributed by atoms with Gasteiger partial charge in [-0.25, -0.2) is 0 Å². The molecule has 0 fully saturated rings. The molecule has 0 atom stereocenters. The van der Waals surface area contributed by atoms with Gasteiger partial charge in [0.1, 0.15) is 5.75 Å². The van der Waals surface area contributed by atoms with Gasteiger partial charge in [-0.1, -0.05) is 36.7 Å². The maximum atomic E-state index is 6.00. The third-order valence-corrected chi connectivity index (χ3v) is 3.67. The Hall–Kier alpha value is -1.67. The molecule has 0 aliphatic heterocycles. The van der Waals surface area contributed by atoms with Crippen molar-refractivity contribution in [1.29, 1.82) is 0 Å². The summed E-state index contributed by atoms with van der Waals surface area (Å²) < 4.78 is 5.73. The number of nitrogens with one attached hydrogen (secondary N) is 1. The summed E-state index contributed by atoms with van der Waals surface area (Å²) in [6, 6.07) is 14.2. The van der Waals surface area contributed by atoms with E-state index in [1.807, 2.05) is 30.3 Å². The zero-order valence-corrected chi connectivity index (χ0v) is 13.4. The van der Waals surface area contributed by atoms with E-state index in [1.54, 1.807) is 0 Å². The van der Waals surface area contributed by atoms with E-state index in [0.29, 0.717) is 6.61 Å². The van der Waals surface area contributed by atoms with E-state index in [4.69, 9.17) is 16.3 Å². The largest absolute Gasteiger partial charge is 0.494 e. The minimum atomic E-state index is 0.706. The highest BCUT2D eigenvalue weighted by molar-refractivity contribution is 6.30. The third-order valence-electron chi connectivity index (χ3n) is 3.44. The second kappa shape index (κ2) is 7.94. The molecule has 0 heterocycles. The molecule has 0 aliphatic rings. The lowest BCUT2D eigenvalue weighted by Crippen LogP contribution is -2.08. The van der Waals surface area contributed by atoms with Crippen LogP contribution in [0.15, 0.2) is 42.5 Å². The van der Waals surface area contributed by atoms with Gasteiger partial charge in [0.05, 0.1) is 6.61 Å². The monoisotopic (exact) mass is 303 g/mol. The van der Waals surface area contributed by atoms with Gasteiger partial charge in [-0.2, -0.15) is 0 Å². The van der Waals surface area contributed by atoms with Gasteiger partial charge in [-0.15, -0.1) is 0 Å². The van der Waals surface area contributed by atoms with E-state index in [2.05, 4.69) is 31.3 Å². The Morgan fingerprint density at radius 3 is 2.57 bits per heavy atom. The van der Waals surface area contributed by atoms with Crippen molar-refractivity contribution in [2.24, 2.45) is 0 Å². The molecule has 0 radical (unpaired) electrons. The van der Waals surface area contributed by atoms with Crippen molar-refractivity contribution in [3.05, 3.63) is 58.6 Å². The molecule has 112 valence electrons. The predicted octanol–water partition coefficient (Wildman–Crippen LogP) is 5.09. The summed E-state index contributed by atoms with van der Waals surface area (Å²) in [5.41, 5.74) is 3.63. The Kier molecular flexibility index (Phi) is 5.94. The highest BCUT2D eigenvalue weighted by Gasteiger charge is 1.99. The Morgan fingerprint density at radius 2 is 1.86 bits per heavy atom. The van der Waals surface area contributed by atoms with Gasteiger partial charge in [-0.3, -0.25) is 0 Å². The number of rotatable bonds is 7. The van der Waals surface area contributed by atoms with Crippen molar-refractivity contribution >= 4 is 17.3 Å². The molecule has 0 saturated carbocycles. The van der Waals surface area contributed by atoms with Crippen molar-refractivity contribution in [1.82, 2.24) is 0 Å². The summed E-state index contributed by atoms with van der Waals surface area (Å²) in [6.45, 7) is 5.80. The second-order valence-electron chi connectivity index (χ2n) is 5.09. The van der Waals surface area contributed by atoms with Gasteiger partial charge in [0.25, 0.3) is 0 Å². The number of aryl methyl sites for hydroxylation is 2. The molecule has 1 N–H and O–H groups in total. The van der Waals surface area contributed by atoms with Crippen molar-refractivity contribution < 1.29 is 4.74 Å². The van der Waals surface area contributed by atoms with Crippen LogP contribution in [0.2, 0.25) is 5.02 Å². The van der Waals surface area contributed by atoms with Gasteiger partial charge < -0.3 is 10.1 Å². The quantitative estimate of drug-likeness (QED) is 0.719. The van der Waals surface area contributed by atoms with Gasteiger partial charge >= 0.3 is 0 Å². The lowest BCUT2D eigenvalue weighted by Gasteiger charge is -2.11. The first-order valence-electron chi connectivity index (χ1n) is 7.41. The third kappa shape index (κ3) is 4.98. The van der Waals surface area contributed by atoms with E-state index in [1.165, 1.54) is 11.1 Å². The molecule has 0 saturated heterocycles. The fourth-order valence-electron chi connectivity index (χ4n) is 2.09. The topological polar surface area (TPSA) is 21.3 Å². The molecular weight excluding hydrogens is 282 g/mol. The highest BCUT2D eigenvalue weighted by Crippen LogP contribution is 2.20. The van der Waals surface area contributed by atoms with Gasteiger partial charge in [0, 0.05) is 17.3 Å². The SMILES string of the molecule is CCc1ccc(OCCCNc2cc(Cl)ccc2C)cc1. The Labute approximate surface area is 132 Å². The molecule has 2 nitrogen and oxygen atoms in total. The standard InChI is InChI=1S/C18H22ClNO/c1-3-15-6-9-17(10-7-15)21-12-4-11-20-18-13-16(19)8-5-14(18)2/h5-10,13,20H,3-4,11-12H2,1-2H3. The van der Waals surface area contributed by atoms with Crippen LogP contribution < -0.4 is 10.1 Å². The first kappa shape index (κ1) is 15.7. The van der Waals surface area contributed by atoms with E-state index >= 15 is 0 Å². The Balaban J connectivity index is 1.71. The first-order chi connectivity index (χ1) is 10.2. The van der Waals surface area contributed by atoms with Crippen molar-refractivity contribution in [3.8, 4) is 5.75 Å². The number of ether oxygens (including phenoxy) is 1. The van der Waals surface area contributed by atoms with Crippen LogP contribution in [0.4, 0.5) is 5.69 Å². The first-order valence-corrected chi connectivity index (χ1v) is 7.78.